The van der Waals surface area contributed by atoms with Gasteiger partial charge in [-0.1, -0.05) is 20.8 Å². The highest BCUT2D eigenvalue weighted by Gasteiger charge is 2.60. The van der Waals surface area contributed by atoms with Gasteiger partial charge in [0.2, 0.25) is 0 Å². The van der Waals surface area contributed by atoms with Crippen molar-refractivity contribution in [2.75, 3.05) is 0 Å². The van der Waals surface area contributed by atoms with Crippen LogP contribution in [0.25, 0.3) is 0 Å². The standard InChI is InChI=1S/C15H29N/c1-11-7-9-15(6)12(16-13(2,3)4)8-10-14(11,15)5/h11-12,16H,7-10H2,1-6H3/t11?,12?,14-,15-/m1/s1. The molecule has 0 bridgehead atoms. The molecule has 16 heavy (non-hydrogen) atoms. The molecule has 4 atom stereocenters. The maximum absolute atomic E-state index is 3.88. The van der Waals surface area contributed by atoms with Crippen LogP contribution in [-0.2, 0) is 0 Å². The van der Waals surface area contributed by atoms with Crippen molar-refractivity contribution in [1.29, 1.82) is 0 Å². The van der Waals surface area contributed by atoms with Crippen LogP contribution in [0, 0.1) is 16.7 Å². The van der Waals surface area contributed by atoms with Gasteiger partial charge in [0.1, 0.15) is 0 Å². The van der Waals surface area contributed by atoms with Crippen molar-refractivity contribution in [2.24, 2.45) is 16.7 Å². The van der Waals surface area contributed by atoms with Crippen molar-refractivity contribution < 1.29 is 0 Å². The van der Waals surface area contributed by atoms with E-state index in [0.717, 1.165) is 12.0 Å². The molecule has 94 valence electrons. The van der Waals surface area contributed by atoms with Gasteiger partial charge in [0, 0.05) is 11.6 Å². The van der Waals surface area contributed by atoms with Crippen LogP contribution >= 0.6 is 0 Å². The summed E-state index contributed by atoms with van der Waals surface area (Å²) in [5, 5.41) is 3.88. The smallest absolute Gasteiger partial charge is 0.0131 e. The summed E-state index contributed by atoms with van der Waals surface area (Å²) < 4.78 is 0. The summed E-state index contributed by atoms with van der Waals surface area (Å²) in [6, 6.07) is 0.724. The lowest BCUT2D eigenvalue weighted by atomic mass is 9.66. The third-order valence-corrected chi connectivity index (χ3v) is 5.82. The lowest BCUT2D eigenvalue weighted by molar-refractivity contribution is 0.0833. The molecule has 2 aliphatic carbocycles. The first kappa shape index (κ1) is 12.4. The lowest BCUT2D eigenvalue weighted by Gasteiger charge is -2.43. The van der Waals surface area contributed by atoms with Crippen LogP contribution in [0.1, 0.15) is 67.2 Å². The molecule has 2 saturated carbocycles. The van der Waals surface area contributed by atoms with Crippen molar-refractivity contribution in [3.8, 4) is 0 Å². The van der Waals surface area contributed by atoms with Gasteiger partial charge < -0.3 is 5.32 Å². The lowest BCUT2D eigenvalue weighted by Crippen LogP contribution is -2.51. The second kappa shape index (κ2) is 3.48. The molecule has 2 aliphatic rings. The topological polar surface area (TPSA) is 12.0 Å². The zero-order valence-electron chi connectivity index (χ0n) is 12.0. The number of rotatable bonds is 1. The van der Waals surface area contributed by atoms with Crippen molar-refractivity contribution in [1.82, 2.24) is 5.32 Å². The van der Waals surface area contributed by atoms with Crippen LogP contribution in [0.2, 0.25) is 0 Å². The number of nitrogens with one attached hydrogen (secondary N) is 1. The Balaban J connectivity index is 2.21. The minimum Gasteiger partial charge on any atom is -0.309 e. The summed E-state index contributed by atoms with van der Waals surface area (Å²) in [6.45, 7) is 14.4. The Hall–Kier alpha value is -0.0400. The molecule has 0 aromatic rings. The van der Waals surface area contributed by atoms with E-state index in [0.29, 0.717) is 10.8 Å². The summed E-state index contributed by atoms with van der Waals surface area (Å²) in [5.74, 6) is 0.907. The molecule has 0 aliphatic heterocycles. The zero-order valence-corrected chi connectivity index (χ0v) is 12.0. The number of fused-ring (bicyclic) bond motifs is 1. The summed E-state index contributed by atoms with van der Waals surface area (Å²) in [4.78, 5) is 0. The Morgan fingerprint density at radius 1 is 1.00 bits per heavy atom. The molecule has 2 unspecified atom stereocenters. The van der Waals surface area contributed by atoms with Gasteiger partial charge in [-0.3, -0.25) is 0 Å². The van der Waals surface area contributed by atoms with E-state index in [1.807, 2.05) is 0 Å². The van der Waals surface area contributed by atoms with Crippen molar-refractivity contribution in [2.45, 2.75) is 78.8 Å². The molecule has 0 heterocycles. The van der Waals surface area contributed by atoms with Gasteiger partial charge in [-0.05, 0) is 63.2 Å². The van der Waals surface area contributed by atoms with Gasteiger partial charge in [-0.25, -0.2) is 0 Å². The largest absolute Gasteiger partial charge is 0.309 e. The minimum absolute atomic E-state index is 0.255. The van der Waals surface area contributed by atoms with E-state index in [9.17, 15) is 0 Å². The van der Waals surface area contributed by atoms with Crippen LogP contribution in [0.4, 0.5) is 0 Å². The molecule has 2 fully saturated rings. The molecule has 0 saturated heterocycles. The first-order chi connectivity index (χ1) is 7.19. The van der Waals surface area contributed by atoms with Crippen LogP contribution in [0.3, 0.4) is 0 Å². The fourth-order valence-electron chi connectivity index (χ4n) is 4.30. The average Bonchev–Trinajstić information content (AvgIpc) is 2.50. The van der Waals surface area contributed by atoms with E-state index in [2.05, 4.69) is 46.9 Å². The van der Waals surface area contributed by atoms with Gasteiger partial charge in [0.05, 0.1) is 0 Å². The van der Waals surface area contributed by atoms with Crippen LogP contribution in [0.15, 0.2) is 0 Å². The van der Waals surface area contributed by atoms with E-state index in [1.165, 1.54) is 25.7 Å². The predicted octanol–water partition coefficient (Wildman–Crippen LogP) is 3.98. The van der Waals surface area contributed by atoms with Crippen LogP contribution < -0.4 is 5.32 Å². The number of hydrogen-bond acceptors (Lipinski definition) is 1. The molecule has 0 aromatic heterocycles. The van der Waals surface area contributed by atoms with Crippen molar-refractivity contribution in [3.63, 3.8) is 0 Å². The Labute approximate surface area is 101 Å². The molecular weight excluding hydrogens is 194 g/mol. The summed E-state index contributed by atoms with van der Waals surface area (Å²) in [6.07, 6.45) is 5.63. The third-order valence-electron chi connectivity index (χ3n) is 5.82. The highest BCUT2D eigenvalue weighted by molar-refractivity contribution is 5.12. The monoisotopic (exact) mass is 223 g/mol. The quantitative estimate of drug-likeness (QED) is 0.709. The molecule has 0 radical (unpaired) electrons. The van der Waals surface area contributed by atoms with Gasteiger partial charge in [0.25, 0.3) is 0 Å². The summed E-state index contributed by atoms with van der Waals surface area (Å²) in [5.41, 5.74) is 1.36. The third kappa shape index (κ3) is 1.63. The van der Waals surface area contributed by atoms with E-state index >= 15 is 0 Å². The molecule has 0 aromatic carbocycles. The first-order valence-corrected chi connectivity index (χ1v) is 6.97. The van der Waals surface area contributed by atoms with Crippen LogP contribution in [0.5, 0.6) is 0 Å². The van der Waals surface area contributed by atoms with Gasteiger partial charge in [-0.15, -0.1) is 0 Å². The second-order valence-corrected chi connectivity index (χ2v) is 7.76. The Bertz CT molecular complexity index is 278. The van der Waals surface area contributed by atoms with Crippen LogP contribution in [-0.4, -0.2) is 11.6 Å². The molecule has 0 spiro atoms. The first-order valence-electron chi connectivity index (χ1n) is 6.97. The molecule has 1 N–H and O–H groups in total. The fourth-order valence-corrected chi connectivity index (χ4v) is 4.30. The van der Waals surface area contributed by atoms with Gasteiger partial charge in [0.15, 0.2) is 0 Å². The van der Waals surface area contributed by atoms with E-state index in [-0.39, 0.29) is 5.54 Å². The fraction of sp³-hybridized carbons (Fsp3) is 1.00. The number of hydrogen-bond donors (Lipinski definition) is 1. The molecular formula is C15H29N. The molecule has 0 amide bonds. The molecule has 2 rings (SSSR count). The van der Waals surface area contributed by atoms with E-state index in [4.69, 9.17) is 0 Å². The Morgan fingerprint density at radius 3 is 2.12 bits per heavy atom. The minimum atomic E-state index is 0.255. The molecule has 1 heteroatoms. The van der Waals surface area contributed by atoms with Gasteiger partial charge in [-0.2, -0.15) is 0 Å². The summed E-state index contributed by atoms with van der Waals surface area (Å²) in [7, 11) is 0. The summed E-state index contributed by atoms with van der Waals surface area (Å²) >= 11 is 0. The highest BCUT2D eigenvalue weighted by Crippen LogP contribution is 2.65. The predicted molar refractivity (Wildman–Crippen MR) is 70.5 cm³/mol. The normalized spacial score (nSPS) is 48.4. The Morgan fingerprint density at radius 2 is 1.56 bits per heavy atom. The van der Waals surface area contributed by atoms with Gasteiger partial charge >= 0.3 is 0 Å². The maximum atomic E-state index is 3.88. The average molecular weight is 223 g/mol. The Kier molecular flexibility index (Phi) is 2.70. The van der Waals surface area contributed by atoms with Crippen molar-refractivity contribution >= 4 is 0 Å². The second-order valence-electron chi connectivity index (χ2n) is 7.76. The zero-order chi connectivity index (χ0) is 12.2. The SMILES string of the molecule is CC1CC[C@]2(C)C(NC(C)(C)C)CC[C@]12C. The van der Waals surface area contributed by atoms with E-state index < -0.39 is 0 Å². The van der Waals surface area contributed by atoms with E-state index in [1.54, 1.807) is 0 Å². The molecule has 1 nitrogen and oxygen atoms in total. The highest BCUT2D eigenvalue weighted by atomic mass is 15.0. The van der Waals surface area contributed by atoms with Crippen molar-refractivity contribution in [3.05, 3.63) is 0 Å². The maximum Gasteiger partial charge on any atom is 0.0131 e.